The van der Waals surface area contributed by atoms with Crippen LogP contribution in [0.4, 0.5) is 0 Å². The summed E-state index contributed by atoms with van der Waals surface area (Å²) in [6.07, 6.45) is 0.540. The number of allylic oxidation sites excluding steroid dienone is 1. The minimum Gasteiger partial charge on any atom is -0.455 e. The molecule has 0 aliphatic heterocycles. The average molecular weight is 598 g/mol. The van der Waals surface area contributed by atoms with E-state index >= 15 is 0 Å². The normalized spacial score (nSPS) is 13.0. The first-order chi connectivity index (χ1) is 22.7. The number of nitrogens with one attached hydrogen (secondary N) is 1. The Bertz CT molecular complexity index is 2360. The van der Waals surface area contributed by atoms with Gasteiger partial charge in [0.15, 0.2) is 0 Å². The molecule has 0 aliphatic carbocycles. The predicted molar refractivity (Wildman–Crippen MR) is 192 cm³/mol. The third-order valence-electron chi connectivity index (χ3n) is 9.14. The zero-order valence-corrected chi connectivity index (χ0v) is 25.8. The van der Waals surface area contributed by atoms with Gasteiger partial charge in [0.1, 0.15) is 17.3 Å². The standard InChI is InChI=1S/C42H35N3O/c1-2-28(40(29-14-5-3-6-15-29)44-42(43)30-16-7-4-8-17-30)27-45-37-22-11-9-18-33(37)36-26-31(24-25-38(36)45)32-20-13-21-35-34-19-10-12-23-39(34)46-41(32)35/h3-26,42,44H,2,27,43H2,1H3/b40-28-. The van der Waals surface area contributed by atoms with Gasteiger partial charge in [-0.05, 0) is 52.9 Å². The van der Waals surface area contributed by atoms with E-state index in [0.717, 1.165) is 62.9 Å². The second kappa shape index (κ2) is 11.7. The van der Waals surface area contributed by atoms with Crippen molar-refractivity contribution in [1.82, 2.24) is 9.88 Å². The van der Waals surface area contributed by atoms with Gasteiger partial charge in [-0.15, -0.1) is 0 Å². The third-order valence-corrected chi connectivity index (χ3v) is 9.14. The third kappa shape index (κ3) is 4.84. The van der Waals surface area contributed by atoms with E-state index in [0.29, 0.717) is 0 Å². The number of fused-ring (bicyclic) bond motifs is 6. The summed E-state index contributed by atoms with van der Waals surface area (Å²) in [5.41, 5.74) is 17.8. The highest BCUT2D eigenvalue weighted by molar-refractivity contribution is 6.12. The Labute approximate surface area is 268 Å². The number of benzene rings is 6. The maximum Gasteiger partial charge on any atom is 0.143 e. The maximum atomic E-state index is 6.76. The van der Waals surface area contributed by atoms with Crippen molar-refractivity contribution in [2.45, 2.75) is 26.1 Å². The van der Waals surface area contributed by atoms with Crippen LogP contribution in [0.25, 0.3) is 60.6 Å². The lowest BCUT2D eigenvalue weighted by Crippen LogP contribution is -2.28. The van der Waals surface area contributed by atoms with E-state index in [1.165, 1.54) is 27.4 Å². The smallest absolute Gasteiger partial charge is 0.143 e. The Morgan fingerprint density at radius 3 is 2.15 bits per heavy atom. The topological polar surface area (TPSA) is 56.1 Å². The molecule has 0 saturated heterocycles. The molecule has 2 heterocycles. The summed E-state index contributed by atoms with van der Waals surface area (Å²) >= 11 is 0. The van der Waals surface area contributed by atoms with E-state index in [4.69, 9.17) is 10.2 Å². The minimum atomic E-state index is -0.334. The predicted octanol–water partition coefficient (Wildman–Crippen LogP) is 10.4. The van der Waals surface area contributed by atoms with Gasteiger partial charge in [-0.25, -0.2) is 0 Å². The van der Waals surface area contributed by atoms with Gasteiger partial charge < -0.3 is 20.0 Å². The van der Waals surface area contributed by atoms with Crippen LogP contribution in [0.1, 0.15) is 30.6 Å². The van der Waals surface area contributed by atoms with E-state index in [1.54, 1.807) is 0 Å². The first-order valence-electron chi connectivity index (χ1n) is 16.0. The van der Waals surface area contributed by atoms with Crippen molar-refractivity contribution < 1.29 is 4.42 Å². The summed E-state index contributed by atoms with van der Waals surface area (Å²) < 4.78 is 8.87. The first-order valence-corrected chi connectivity index (χ1v) is 16.0. The fraction of sp³-hybridized carbons (Fsp3) is 0.0952. The quantitative estimate of drug-likeness (QED) is 0.171. The average Bonchev–Trinajstić information content (AvgIpc) is 3.65. The van der Waals surface area contributed by atoms with Gasteiger partial charge in [0.2, 0.25) is 0 Å². The van der Waals surface area contributed by atoms with Crippen molar-refractivity contribution in [3.8, 4) is 11.1 Å². The number of nitrogens with two attached hydrogens (primary N) is 1. The Balaban J connectivity index is 1.27. The lowest BCUT2D eigenvalue weighted by molar-refractivity contribution is 0.657. The zero-order chi connectivity index (χ0) is 31.0. The molecule has 4 nitrogen and oxygen atoms in total. The lowest BCUT2D eigenvalue weighted by atomic mass is 10.00. The molecular weight excluding hydrogens is 562 g/mol. The number of hydrogen-bond donors (Lipinski definition) is 2. The van der Waals surface area contributed by atoms with Crippen LogP contribution in [0.3, 0.4) is 0 Å². The molecule has 0 amide bonds. The maximum absolute atomic E-state index is 6.76. The molecule has 224 valence electrons. The molecule has 0 aliphatic rings. The Hall–Kier alpha value is -5.58. The van der Waals surface area contributed by atoms with Gasteiger partial charge in [-0.3, -0.25) is 0 Å². The highest BCUT2D eigenvalue weighted by atomic mass is 16.3. The lowest BCUT2D eigenvalue weighted by Gasteiger charge is -2.23. The molecule has 8 rings (SSSR count). The highest BCUT2D eigenvalue weighted by Crippen LogP contribution is 2.39. The fourth-order valence-electron chi connectivity index (χ4n) is 6.82. The number of furan rings is 1. The molecule has 2 aromatic heterocycles. The second-order valence-corrected chi connectivity index (χ2v) is 11.8. The molecule has 46 heavy (non-hydrogen) atoms. The van der Waals surface area contributed by atoms with Crippen LogP contribution in [-0.2, 0) is 6.54 Å². The molecule has 0 fully saturated rings. The van der Waals surface area contributed by atoms with Gasteiger partial charge in [-0.1, -0.05) is 128 Å². The molecule has 0 radical (unpaired) electrons. The number of hydrogen-bond acceptors (Lipinski definition) is 3. The van der Waals surface area contributed by atoms with Crippen molar-refractivity contribution in [3.05, 3.63) is 162 Å². The summed E-state index contributed by atoms with van der Waals surface area (Å²) in [5.74, 6) is 0. The van der Waals surface area contributed by atoms with Crippen LogP contribution in [0, 0.1) is 0 Å². The van der Waals surface area contributed by atoms with Gasteiger partial charge in [0, 0.05) is 50.4 Å². The molecule has 1 atom stereocenters. The Morgan fingerprint density at radius 2 is 1.35 bits per heavy atom. The second-order valence-electron chi connectivity index (χ2n) is 11.8. The van der Waals surface area contributed by atoms with E-state index in [1.807, 2.05) is 30.3 Å². The van der Waals surface area contributed by atoms with Crippen molar-refractivity contribution in [2.75, 3.05) is 0 Å². The summed E-state index contributed by atoms with van der Waals surface area (Å²) in [4.78, 5) is 0. The summed E-state index contributed by atoms with van der Waals surface area (Å²) in [7, 11) is 0. The van der Waals surface area contributed by atoms with Crippen molar-refractivity contribution in [3.63, 3.8) is 0 Å². The summed E-state index contributed by atoms with van der Waals surface area (Å²) in [6, 6.07) is 51.0. The van der Waals surface area contributed by atoms with E-state index < -0.39 is 0 Å². The highest BCUT2D eigenvalue weighted by Gasteiger charge is 2.18. The van der Waals surface area contributed by atoms with Gasteiger partial charge in [0.25, 0.3) is 0 Å². The van der Waals surface area contributed by atoms with Crippen LogP contribution < -0.4 is 11.1 Å². The van der Waals surface area contributed by atoms with Crippen molar-refractivity contribution >= 4 is 49.4 Å². The van der Waals surface area contributed by atoms with Crippen LogP contribution >= 0.6 is 0 Å². The van der Waals surface area contributed by atoms with Crippen LogP contribution in [0.15, 0.2) is 156 Å². The Morgan fingerprint density at radius 1 is 0.674 bits per heavy atom. The molecule has 1 unspecified atom stereocenters. The van der Waals surface area contributed by atoms with Crippen molar-refractivity contribution in [1.29, 1.82) is 0 Å². The summed E-state index contributed by atoms with van der Waals surface area (Å²) in [6.45, 7) is 2.96. The number of rotatable bonds is 8. The SMILES string of the molecule is CC/C(Cn1c2ccccc2c2cc(-c3cccc4c3oc3ccccc34)ccc21)=C(/NC(N)c1ccccc1)c1ccccc1. The molecule has 0 bridgehead atoms. The summed E-state index contributed by atoms with van der Waals surface area (Å²) in [5, 5.41) is 8.45. The van der Waals surface area contributed by atoms with Gasteiger partial charge in [0.05, 0.1) is 0 Å². The molecule has 3 N–H and O–H groups in total. The molecule has 0 saturated carbocycles. The molecule has 8 aromatic rings. The van der Waals surface area contributed by atoms with E-state index in [2.05, 4.69) is 132 Å². The molecule has 0 spiro atoms. The number of aromatic nitrogens is 1. The van der Waals surface area contributed by atoms with Gasteiger partial charge in [-0.2, -0.15) is 0 Å². The largest absolute Gasteiger partial charge is 0.455 e. The van der Waals surface area contributed by atoms with Crippen molar-refractivity contribution in [2.24, 2.45) is 5.73 Å². The molecule has 6 aromatic carbocycles. The Kier molecular flexibility index (Phi) is 7.13. The monoisotopic (exact) mass is 597 g/mol. The zero-order valence-electron chi connectivity index (χ0n) is 25.8. The van der Waals surface area contributed by atoms with Crippen LogP contribution in [0.2, 0.25) is 0 Å². The first kappa shape index (κ1) is 27.9. The van der Waals surface area contributed by atoms with Crippen LogP contribution in [0.5, 0.6) is 0 Å². The van der Waals surface area contributed by atoms with Gasteiger partial charge >= 0.3 is 0 Å². The minimum absolute atomic E-state index is 0.334. The van der Waals surface area contributed by atoms with E-state index in [9.17, 15) is 0 Å². The number of nitrogens with zero attached hydrogens (tertiary/aromatic N) is 1. The number of para-hydroxylation sites is 3. The van der Waals surface area contributed by atoms with E-state index in [-0.39, 0.29) is 6.17 Å². The fourth-order valence-corrected chi connectivity index (χ4v) is 6.82. The van der Waals surface area contributed by atoms with Crippen LogP contribution in [-0.4, -0.2) is 4.57 Å². The molecule has 4 heteroatoms. The molecular formula is C42H35N3O.